The number of alkyl halides is 9. The molecular weight excluding hydrogens is 553 g/mol. The Morgan fingerprint density at radius 3 is 1.31 bits per heavy atom. The van der Waals surface area contributed by atoms with Gasteiger partial charge in [0.25, 0.3) is 0 Å². The first-order chi connectivity index (χ1) is 11.8. The van der Waals surface area contributed by atoms with Crippen LogP contribution in [0.5, 0.6) is 0 Å². The summed E-state index contributed by atoms with van der Waals surface area (Å²) < 4.78 is 12.2. The van der Waals surface area contributed by atoms with Crippen LogP contribution in [0, 0.1) is 0 Å². The minimum atomic E-state index is -2.71. The topological polar surface area (TPSA) is 27.7 Å². The van der Waals surface area contributed by atoms with Crippen molar-refractivity contribution in [2.75, 3.05) is 0 Å². The summed E-state index contributed by atoms with van der Waals surface area (Å²) in [5, 5.41) is 0. The summed E-state index contributed by atoms with van der Waals surface area (Å²) in [6, 6.07) is 8.67. The fourth-order valence-corrected chi connectivity index (χ4v) is 9.01. The van der Waals surface area contributed by atoms with Gasteiger partial charge in [0.1, 0.15) is 0 Å². The summed E-state index contributed by atoms with van der Waals surface area (Å²) >= 11 is 55.3. The lowest BCUT2D eigenvalue weighted by Gasteiger charge is -2.66. The average Bonchev–Trinajstić information content (AvgIpc) is 2.53. The van der Waals surface area contributed by atoms with Gasteiger partial charge in [0.05, 0.1) is 17.5 Å². The van der Waals surface area contributed by atoms with Crippen molar-refractivity contribution in [3.63, 3.8) is 0 Å². The summed E-state index contributed by atoms with van der Waals surface area (Å²) in [7, 11) is -1.82. The Bertz CT molecular complexity index is 603. The van der Waals surface area contributed by atoms with Gasteiger partial charge in [0, 0.05) is 0 Å². The van der Waals surface area contributed by atoms with Crippen LogP contribution in [0.15, 0.2) is 30.3 Å². The Balaban J connectivity index is 2.19. The van der Waals surface area contributed by atoms with Crippen molar-refractivity contribution in [1.82, 2.24) is 0 Å². The van der Waals surface area contributed by atoms with Crippen LogP contribution in [-0.2, 0) is 14.0 Å². The monoisotopic (exact) mass is 557 g/mol. The van der Waals surface area contributed by atoms with Gasteiger partial charge in [-0.15, -0.1) is 5.46 Å². The highest BCUT2D eigenvalue weighted by Crippen LogP contribution is 2.72. The molecule has 0 unspecified atom stereocenters. The normalized spacial score (nSPS) is 35.6. The van der Waals surface area contributed by atoms with Crippen molar-refractivity contribution < 1.29 is 14.0 Å². The van der Waals surface area contributed by atoms with Gasteiger partial charge in [-0.25, -0.2) is 0 Å². The molecule has 3 heterocycles. The van der Waals surface area contributed by atoms with Crippen molar-refractivity contribution in [1.29, 1.82) is 0 Å². The molecule has 26 heavy (non-hydrogen) atoms. The Labute approximate surface area is 196 Å². The zero-order valence-electron chi connectivity index (χ0n) is 12.3. The van der Waals surface area contributed by atoms with Gasteiger partial charge in [-0.2, -0.15) is 0 Å². The first-order valence-electron chi connectivity index (χ1n) is 6.96. The highest BCUT2D eigenvalue weighted by atomic mass is 35.6. The molecule has 4 rings (SSSR count). The Hall–Kier alpha value is 2.20. The smallest absolute Gasteiger partial charge is 0.411 e. The van der Waals surface area contributed by atoms with E-state index in [-0.39, 0.29) is 0 Å². The van der Waals surface area contributed by atoms with E-state index in [1.807, 2.05) is 0 Å². The van der Waals surface area contributed by atoms with E-state index in [2.05, 4.69) is 0 Å². The van der Waals surface area contributed by atoms with Gasteiger partial charge < -0.3 is 14.0 Å². The Morgan fingerprint density at radius 2 is 1.00 bits per heavy atom. The van der Waals surface area contributed by atoms with Gasteiger partial charge in [0.15, 0.2) is 0 Å². The summed E-state index contributed by atoms with van der Waals surface area (Å²) in [5.41, 5.74) is 0.486. The molecule has 3 saturated heterocycles. The SMILES string of the molecule is ClC(Cl)(Cl)[C@H]1O[B-]2(c3ccccc3)O[C@H](C(Cl)(Cl)Cl)P1[C@@H](C(Cl)(Cl)Cl)O2. The van der Waals surface area contributed by atoms with E-state index >= 15 is 0 Å². The van der Waals surface area contributed by atoms with E-state index in [9.17, 15) is 0 Å². The number of hydrogen-bond acceptors (Lipinski definition) is 3. The van der Waals surface area contributed by atoms with E-state index in [1.165, 1.54) is 0 Å². The quantitative estimate of drug-likeness (QED) is 0.223. The summed E-state index contributed by atoms with van der Waals surface area (Å²) in [6.07, 6.45) is 0. The molecule has 14 heteroatoms. The zero-order valence-corrected chi connectivity index (χ0v) is 20.0. The minimum Gasteiger partial charge on any atom is -0.532 e. The predicted octanol–water partition coefficient (Wildman–Crippen LogP) is 6.48. The fourth-order valence-electron chi connectivity index (χ4n) is 2.85. The lowest BCUT2D eigenvalue weighted by Crippen LogP contribution is -2.72. The first-order valence-corrected chi connectivity index (χ1v) is 11.9. The van der Waals surface area contributed by atoms with Crippen molar-refractivity contribution >= 4 is 125 Å². The van der Waals surface area contributed by atoms with Crippen LogP contribution in [0.4, 0.5) is 0 Å². The molecule has 2 bridgehead atoms. The van der Waals surface area contributed by atoms with E-state index in [4.69, 9.17) is 118 Å². The largest absolute Gasteiger partial charge is 0.532 e. The molecule has 146 valence electrons. The number of fused-ring (bicyclic) bond motifs is 3. The maximum Gasteiger partial charge on any atom is 0.411 e. The van der Waals surface area contributed by atoms with Crippen LogP contribution in [0.1, 0.15) is 0 Å². The maximum atomic E-state index is 6.15. The molecule has 0 amide bonds. The summed E-state index contributed by atoms with van der Waals surface area (Å²) in [6.45, 7) is -2.71. The second-order valence-corrected chi connectivity index (χ2v) is 15.0. The summed E-state index contributed by atoms with van der Waals surface area (Å²) in [4.78, 5) is 0. The van der Waals surface area contributed by atoms with E-state index in [0.29, 0.717) is 5.46 Å². The van der Waals surface area contributed by atoms with Crippen LogP contribution >= 0.6 is 112 Å². The van der Waals surface area contributed by atoms with E-state index in [1.54, 1.807) is 30.3 Å². The second kappa shape index (κ2) is 7.72. The lowest BCUT2D eigenvalue weighted by molar-refractivity contribution is -0.00143. The molecule has 3 fully saturated rings. The summed E-state index contributed by atoms with van der Waals surface area (Å²) in [5.74, 6) is -3.19. The molecule has 3 aliphatic heterocycles. The molecule has 0 spiro atoms. The highest BCUT2D eigenvalue weighted by Gasteiger charge is 2.66. The third kappa shape index (κ3) is 4.44. The molecular formula is C12H8BCl9O3P-. The number of rotatable bonds is 1. The van der Waals surface area contributed by atoms with Crippen molar-refractivity contribution in [3.05, 3.63) is 30.3 Å². The van der Waals surface area contributed by atoms with Gasteiger partial charge in [-0.3, -0.25) is 0 Å². The van der Waals surface area contributed by atoms with E-state index < -0.39 is 43.6 Å². The standard InChI is InChI=1S/C12H8BCl9O3P/c14-10(15,16)7-23-13(6-4-2-1-3-5-6)24-8(11(17,18)19)26(7)9(25-13)12(20,21)22/h1-5,7-9H/q-1/t7-,8-,9-,13?,26?/m0/s1. The second-order valence-electron chi connectivity index (χ2n) is 5.59. The zero-order chi connectivity index (χ0) is 19.5. The Kier molecular flexibility index (Phi) is 6.79. The molecule has 0 radical (unpaired) electrons. The van der Waals surface area contributed by atoms with Gasteiger partial charge in [-0.1, -0.05) is 135 Å². The van der Waals surface area contributed by atoms with E-state index in [0.717, 1.165) is 0 Å². The van der Waals surface area contributed by atoms with Gasteiger partial charge in [0.2, 0.25) is 11.4 Å². The minimum absolute atomic E-state index is 0.486. The van der Waals surface area contributed by atoms with Crippen LogP contribution in [0.25, 0.3) is 0 Å². The van der Waals surface area contributed by atoms with Crippen LogP contribution in [0.3, 0.4) is 0 Å². The average molecular weight is 561 g/mol. The number of hydrogen-bond donors (Lipinski definition) is 0. The van der Waals surface area contributed by atoms with Gasteiger partial charge in [-0.05, 0) is 7.92 Å². The first kappa shape index (κ1) is 22.9. The molecule has 0 aromatic heterocycles. The molecule has 3 nitrogen and oxygen atoms in total. The third-order valence-electron chi connectivity index (χ3n) is 3.78. The lowest BCUT2D eigenvalue weighted by atomic mass is 9.68. The third-order valence-corrected chi connectivity index (χ3v) is 10.1. The van der Waals surface area contributed by atoms with Crippen molar-refractivity contribution in [2.24, 2.45) is 0 Å². The maximum absolute atomic E-state index is 6.15. The predicted molar refractivity (Wildman–Crippen MR) is 114 cm³/mol. The number of benzene rings is 1. The number of halogens is 9. The molecule has 0 N–H and O–H groups in total. The molecule has 0 saturated carbocycles. The molecule has 1 aromatic rings. The van der Waals surface area contributed by atoms with Gasteiger partial charge >= 0.3 is 6.75 Å². The Morgan fingerprint density at radius 1 is 0.654 bits per heavy atom. The van der Waals surface area contributed by atoms with Crippen LogP contribution < -0.4 is 5.46 Å². The van der Waals surface area contributed by atoms with Crippen LogP contribution in [-0.4, -0.2) is 35.7 Å². The molecule has 3 aliphatic rings. The van der Waals surface area contributed by atoms with Crippen molar-refractivity contribution in [3.8, 4) is 0 Å². The molecule has 0 aliphatic carbocycles. The fraction of sp³-hybridized carbons (Fsp3) is 0.500. The molecule has 3 atom stereocenters. The van der Waals surface area contributed by atoms with Crippen molar-refractivity contribution in [2.45, 2.75) is 28.9 Å². The molecule has 1 aromatic carbocycles. The highest BCUT2D eigenvalue weighted by molar-refractivity contribution is 7.61. The van der Waals surface area contributed by atoms with Crippen LogP contribution in [0.2, 0.25) is 0 Å².